The molecule has 92 heavy (non-hydrogen) atoms. The molecule has 0 N–H and O–H groups in total. The molecule has 24 heteroatoms. The van der Waals surface area contributed by atoms with E-state index in [1.807, 2.05) is 104 Å². The smallest absolute Gasteiger partial charge is 0.355 e. The van der Waals surface area contributed by atoms with Gasteiger partial charge in [0, 0.05) is 90.0 Å². The van der Waals surface area contributed by atoms with Crippen LogP contribution in [0, 0.1) is 11.6 Å². The Hall–Kier alpha value is -8.31. The van der Waals surface area contributed by atoms with Crippen molar-refractivity contribution in [3.8, 4) is 39.9 Å². The van der Waals surface area contributed by atoms with Crippen LogP contribution >= 0.6 is 23.2 Å². The van der Waals surface area contributed by atoms with Gasteiger partial charge in [0.2, 0.25) is 11.8 Å². The van der Waals surface area contributed by atoms with Crippen LogP contribution in [0.1, 0.15) is 104 Å². The Labute approximate surface area is 546 Å². The van der Waals surface area contributed by atoms with Gasteiger partial charge in [-0.05, 0) is 132 Å². The fourth-order valence-electron chi connectivity index (χ4n) is 11.7. The minimum absolute atomic E-state index is 0.0326. The van der Waals surface area contributed by atoms with Gasteiger partial charge in [0.15, 0.2) is 11.3 Å². The summed E-state index contributed by atoms with van der Waals surface area (Å²) in [7, 11) is 2.68. The van der Waals surface area contributed by atoms with E-state index in [-0.39, 0.29) is 104 Å². The first-order chi connectivity index (χ1) is 43.6. The molecule has 2 aliphatic heterocycles. The number of hydrogen-bond acceptors (Lipinski definition) is 15. The molecular weight excluding hydrogens is 1240 g/mol. The van der Waals surface area contributed by atoms with Gasteiger partial charge >= 0.3 is 17.4 Å². The quantitative estimate of drug-likeness (QED) is 0.0827. The Morgan fingerprint density at radius 2 is 1.09 bits per heavy atom. The molecule has 5 atom stereocenters. The molecule has 8 aromatic rings. The third-order valence-electron chi connectivity index (χ3n) is 16.5. The van der Waals surface area contributed by atoms with Crippen LogP contribution in [0.5, 0.6) is 6.01 Å². The third kappa shape index (κ3) is 13.7. The Balaban J connectivity index is 0.000000219. The van der Waals surface area contributed by atoms with Crippen LogP contribution in [0.15, 0.2) is 119 Å². The lowest BCUT2D eigenvalue weighted by Crippen LogP contribution is -2.58. The summed E-state index contributed by atoms with van der Waals surface area (Å²) in [4.78, 5) is 92.4. The van der Waals surface area contributed by atoms with Crippen molar-refractivity contribution in [2.75, 3.05) is 69.5 Å². The standard InChI is InChI=1S/C36H44ClFN8O3.C32H33ClFN5O3S/c1-10-28(47)44-18-23(7)45(19-22(44)6)33-25-17-26(37)31(24-13-11-12-14-27(24)38)39-34(25)46(36(48)42-33)32-29(20(2)3)40-35(41-30(32)21(4)5)49-16-15-43(8)9;1-7-28(40)37-16-20(5)38(17-19(37)4)30-24-15-25(33)29(22-10-8-9-11-26(22)34)35-31(24)39(32(41)36-30)27-13-12-21(43(6)42)14-23(27)18(2)3/h10-14,17,20-23H,1,15-16,18-19H2,2-9H3;7-15,18-20H,1,16-17H2,2-6H3. The number of fused-ring (bicyclic) bond motifs is 2. The highest BCUT2D eigenvalue weighted by atomic mass is 35.5. The minimum Gasteiger partial charge on any atom is -0.462 e. The van der Waals surface area contributed by atoms with Crippen molar-refractivity contribution in [1.29, 1.82) is 0 Å². The number of likely N-dealkylation sites (N-methyl/N-ethyl adjacent to an activating group) is 1. The molecule has 0 saturated carbocycles. The lowest BCUT2D eigenvalue weighted by molar-refractivity contribution is -0.129. The van der Waals surface area contributed by atoms with Gasteiger partial charge in [-0.2, -0.15) is 19.9 Å². The lowest BCUT2D eigenvalue weighted by Gasteiger charge is -2.44. The Bertz CT molecular complexity index is 4300. The van der Waals surface area contributed by atoms with Crippen molar-refractivity contribution < 1.29 is 27.3 Å². The highest BCUT2D eigenvalue weighted by Crippen LogP contribution is 2.40. The molecule has 2 fully saturated rings. The zero-order valence-corrected chi connectivity index (χ0v) is 56.4. The number of hydrogen-bond donors (Lipinski definition) is 0. The molecule has 0 radical (unpaired) electrons. The molecule has 2 aliphatic rings. The molecule has 5 aromatic heterocycles. The van der Waals surface area contributed by atoms with E-state index >= 15 is 4.39 Å². The molecule has 10 rings (SSSR count). The van der Waals surface area contributed by atoms with Crippen molar-refractivity contribution in [2.24, 2.45) is 0 Å². The molecule has 19 nitrogen and oxygen atoms in total. The summed E-state index contributed by atoms with van der Waals surface area (Å²) in [6, 6.07) is 20.5. The van der Waals surface area contributed by atoms with Crippen LogP contribution in [0.4, 0.5) is 20.4 Å². The molecular formula is C68H77Cl2F2N13O6S. The van der Waals surface area contributed by atoms with E-state index in [1.54, 1.807) is 76.7 Å². The monoisotopic (exact) mass is 1310 g/mol. The van der Waals surface area contributed by atoms with E-state index in [2.05, 4.69) is 23.1 Å². The number of carbonyl (C=O) groups is 2. The topological polar surface area (TPSA) is 198 Å². The van der Waals surface area contributed by atoms with Crippen LogP contribution in [0.3, 0.4) is 0 Å². The highest BCUT2D eigenvalue weighted by molar-refractivity contribution is 7.84. The molecule has 7 heterocycles. The number of piperazine rings is 2. The summed E-state index contributed by atoms with van der Waals surface area (Å²) in [5, 5.41) is 1.39. The van der Waals surface area contributed by atoms with Crippen LogP contribution in [-0.4, -0.2) is 154 Å². The van der Waals surface area contributed by atoms with Gasteiger partial charge in [-0.3, -0.25) is 13.8 Å². The normalized spacial score (nSPS) is 17.2. The Kier molecular flexibility index (Phi) is 20.9. The summed E-state index contributed by atoms with van der Waals surface area (Å²) in [5.74, 6) is -0.903. The van der Waals surface area contributed by atoms with Gasteiger partial charge in [0.25, 0.3) is 0 Å². The molecule has 2 amide bonds. The zero-order chi connectivity index (χ0) is 66.9. The molecule has 2 saturated heterocycles. The highest BCUT2D eigenvalue weighted by Gasteiger charge is 2.37. The van der Waals surface area contributed by atoms with Gasteiger partial charge in [0.05, 0.1) is 55.0 Å². The van der Waals surface area contributed by atoms with E-state index in [1.165, 1.54) is 33.4 Å². The van der Waals surface area contributed by atoms with E-state index in [0.29, 0.717) is 89.4 Å². The maximum absolute atomic E-state index is 15.2. The van der Waals surface area contributed by atoms with Crippen molar-refractivity contribution in [3.05, 3.63) is 164 Å². The first-order valence-corrected chi connectivity index (χ1v) is 32.8. The molecule has 0 aliphatic carbocycles. The average molecular weight is 1310 g/mol. The summed E-state index contributed by atoms with van der Waals surface area (Å²) < 4.78 is 51.4. The van der Waals surface area contributed by atoms with Gasteiger partial charge in [-0.25, -0.2) is 37.5 Å². The predicted octanol–water partition coefficient (Wildman–Crippen LogP) is 11.5. The zero-order valence-electron chi connectivity index (χ0n) is 54.0. The number of pyridine rings is 2. The number of aromatic nitrogens is 8. The third-order valence-corrected chi connectivity index (χ3v) is 18.0. The average Bonchev–Trinajstić information content (AvgIpc) is 0.748. The number of halogens is 4. The van der Waals surface area contributed by atoms with Crippen LogP contribution in [0.2, 0.25) is 10.0 Å². The number of rotatable bonds is 16. The largest absolute Gasteiger partial charge is 0.462 e. The summed E-state index contributed by atoms with van der Waals surface area (Å²) in [6.45, 7) is 29.6. The summed E-state index contributed by atoms with van der Waals surface area (Å²) >= 11 is 13.7. The maximum atomic E-state index is 15.2. The van der Waals surface area contributed by atoms with Gasteiger partial charge in [-0.1, -0.05) is 102 Å². The fraction of sp³-hybridized carbons (Fsp3) is 0.382. The number of nitrogens with zero attached hydrogens (tertiary/aromatic N) is 13. The van der Waals surface area contributed by atoms with Crippen molar-refractivity contribution >= 4 is 79.5 Å². The van der Waals surface area contributed by atoms with E-state index in [0.717, 1.165) is 5.56 Å². The van der Waals surface area contributed by atoms with Crippen molar-refractivity contribution in [3.63, 3.8) is 0 Å². The molecule has 3 aromatic carbocycles. The van der Waals surface area contributed by atoms with Gasteiger partial charge in [-0.15, -0.1) is 0 Å². The lowest BCUT2D eigenvalue weighted by atomic mass is 10.0. The molecule has 0 bridgehead atoms. The minimum atomic E-state index is -1.23. The molecule has 5 unspecified atom stereocenters. The number of anilines is 2. The fourth-order valence-corrected chi connectivity index (χ4v) is 12.8. The number of ether oxygens (including phenoxy) is 1. The second kappa shape index (κ2) is 28.3. The molecule has 0 spiro atoms. The van der Waals surface area contributed by atoms with Gasteiger partial charge in [0.1, 0.15) is 29.9 Å². The number of carbonyl (C=O) groups excluding carboxylic acids is 2. The summed E-state index contributed by atoms with van der Waals surface area (Å²) in [5.41, 5.74) is 3.03. The van der Waals surface area contributed by atoms with Crippen molar-refractivity contribution in [2.45, 2.75) is 116 Å². The number of benzene rings is 3. The predicted molar refractivity (Wildman–Crippen MR) is 362 cm³/mol. The maximum Gasteiger partial charge on any atom is 0.355 e. The number of amides is 2. The second-order valence-electron chi connectivity index (χ2n) is 24.5. The van der Waals surface area contributed by atoms with E-state index in [9.17, 15) is 27.8 Å². The van der Waals surface area contributed by atoms with Crippen LogP contribution in [0.25, 0.3) is 56.0 Å². The van der Waals surface area contributed by atoms with E-state index < -0.39 is 33.8 Å². The second-order valence-corrected chi connectivity index (χ2v) is 26.6. The Morgan fingerprint density at radius 1 is 0.641 bits per heavy atom. The molecule has 484 valence electrons. The summed E-state index contributed by atoms with van der Waals surface area (Å²) in [6.07, 6.45) is 4.21. The Morgan fingerprint density at radius 3 is 1.50 bits per heavy atom. The van der Waals surface area contributed by atoms with Crippen LogP contribution in [-0.2, 0) is 20.4 Å². The van der Waals surface area contributed by atoms with Crippen LogP contribution < -0.4 is 25.9 Å². The first-order valence-electron chi connectivity index (χ1n) is 30.5. The first kappa shape index (κ1) is 68.1. The van der Waals surface area contributed by atoms with E-state index in [4.69, 9.17) is 47.9 Å². The van der Waals surface area contributed by atoms with Crippen molar-refractivity contribution in [1.82, 2.24) is 53.7 Å². The SMILES string of the molecule is C=CC(=O)N1CC(C)N(c2nc(=O)n(-c3c(C(C)C)nc(OCCN(C)C)nc3C(C)C)c3nc(-c4ccccc4F)c(Cl)cc23)CC1C.C=CC(=O)N1CC(C)N(c2nc(=O)n(-c3ccc(S(C)=O)cc3C(C)C)c3nc(-c4ccccc4F)c(Cl)cc23)CC1C. The van der Waals surface area contributed by atoms with Gasteiger partial charge < -0.3 is 29.2 Å².